The highest BCUT2D eigenvalue weighted by molar-refractivity contribution is 7.92. The van der Waals surface area contributed by atoms with E-state index in [1.165, 1.54) is 31.5 Å². The molecule has 2 aromatic heterocycles. The van der Waals surface area contributed by atoms with E-state index < -0.39 is 10.0 Å². The van der Waals surface area contributed by atoms with Crippen molar-refractivity contribution >= 4 is 27.0 Å². The van der Waals surface area contributed by atoms with Crippen molar-refractivity contribution in [3.8, 4) is 22.8 Å². The number of hydrogen-bond donors (Lipinski definition) is 2. The summed E-state index contributed by atoms with van der Waals surface area (Å²) >= 11 is 0. The number of phenolic OH excluding ortho intramolecular Hbond substituents is 1. The summed E-state index contributed by atoms with van der Waals surface area (Å²) in [6.45, 7) is 1.88. The number of fused-ring (bicyclic) bond motifs is 1. The molecular weight excluding hydrogens is 404 g/mol. The second-order valence-corrected chi connectivity index (χ2v) is 8.28. The molecule has 0 aliphatic rings. The average molecular weight is 422 g/mol. The molecule has 8 nitrogen and oxygen atoms in total. The summed E-state index contributed by atoms with van der Waals surface area (Å²) in [5.41, 5.74) is 3.04. The quantitative estimate of drug-likeness (QED) is 0.506. The number of anilines is 1. The van der Waals surface area contributed by atoms with Gasteiger partial charge in [-0.1, -0.05) is 17.7 Å². The Morgan fingerprint density at radius 2 is 1.77 bits per heavy atom. The number of aryl methyl sites for hydroxylation is 1. The van der Waals surface area contributed by atoms with Gasteiger partial charge in [-0.15, -0.1) is 0 Å². The second kappa shape index (κ2) is 7.60. The van der Waals surface area contributed by atoms with Crippen LogP contribution in [0.25, 0.3) is 22.4 Å². The fraction of sp³-hybridized carbons (Fsp3) is 0.0952. The number of nitrogens with zero attached hydrogens (tertiary/aromatic N) is 3. The first-order valence-electron chi connectivity index (χ1n) is 8.96. The molecule has 2 heterocycles. The zero-order valence-electron chi connectivity index (χ0n) is 16.2. The monoisotopic (exact) mass is 422 g/mol. The van der Waals surface area contributed by atoms with Crippen LogP contribution in [-0.4, -0.2) is 35.6 Å². The van der Waals surface area contributed by atoms with Gasteiger partial charge in [-0.2, -0.15) is 0 Å². The second-order valence-electron chi connectivity index (χ2n) is 6.60. The zero-order chi connectivity index (χ0) is 21.3. The number of sulfonamides is 1. The third-order valence-electron chi connectivity index (χ3n) is 4.45. The van der Waals surface area contributed by atoms with Gasteiger partial charge in [-0.3, -0.25) is 4.72 Å². The van der Waals surface area contributed by atoms with Gasteiger partial charge in [0.15, 0.2) is 23.0 Å². The summed E-state index contributed by atoms with van der Waals surface area (Å²) in [6, 6.07) is 14.9. The molecule has 0 saturated heterocycles. The lowest BCUT2D eigenvalue weighted by molar-refractivity contribution is 0.373. The predicted octanol–water partition coefficient (Wildman–Crippen LogP) is 3.52. The van der Waals surface area contributed by atoms with Crippen molar-refractivity contribution in [3.63, 3.8) is 0 Å². The number of methoxy groups -OCH3 is 1. The lowest BCUT2D eigenvalue weighted by atomic mass is 10.1. The van der Waals surface area contributed by atoms with Crippen LogP contribution in [0.1, 0.15) is 5.56 Å². The molecule has 0 atom stereocenters. The van der Waals surface area contributed by atoms with Gasteiger partial charge in [0, 0.05) is 5.56 Å². The molecule has 0 fully saturated rings. The Morgan fingerprint density at radius 1 is 1.00 bits per heavy atom. The summed E-state index contributed by atoms with van der Waals surface area (Å²) in [7, 11) is -2.34. The van der Waals surface area contributed by atoms with Gasteiger partial charge in [0.2, 0.25) is 0 Å². The van der Waals surface area contributed by atoms with E-state index in [1.54, 1.807) is 36.4 Å². The minimum Gasteiger partial charge on any atom is -0.504 e. The molecule has 0 spiro atoms. The number of aromatic nitrogens is 3. The molecule has 4 aromatic rings. The summed E-state index contributed by atoms with van der Waals surface area (Å²) in [5.74, 6) is 0.408. The third-order valence-corrected chi connectivity index (χ3v) is 5.82. The lowest BCUT2D eigenvalue weighted by Crippen LogP contribution is -2.14. The molecule has 0 amide bonds. The number of rotatable bonds is 5. The van der Waals surface area contributed by atoms with E-state index in [0.717, 1.165) is 5.56 Å². The molecule has 30 heavy (non-hydrogen) atoms. The molecule has 2 N–H and O–H groups in total. The van der Waals surface area contributed by atoms with Crippen molar-refractivity contribution in [2.45, 2.75) is 11.8 Å². The Labute approximate surface area is 173 Å². The average Bonchev–Trinajstić information content (AvgIpc) is 2.73. The Bertz CT molecular complexity index is 1340. The summed E-state index contributed by atoms with van der Waals surface area (Å²) in [5, 5.41) is 9.77. The van der Waals surface area contributed by atoms with Crippen LogP contribution in [-0.2, 0) is 10.0 Å². The topological polar surface area (TPSA) is 114 Å². The molecular formula is C21H18N4O4S. The third kappa shape index (κ3) is 3.87. The highest BCUT2D eigenvalue weighted by Crippen LogP contribution is 2.31. The van der Waals surface area contributed by atoms with Crippen LogP contribution in [0.2, 0.25) is 0 Å². The number of phenols is 1. The van der Waals surface area contributed by atoms with E-state index in [9.17, 15) is 13.5 Å². The Kier molecular flexibility index (Phi) is 4.96. The normalized spacial score (nSPS) is 11.4. The molecule has 4 rings (SSSR count). The highest BCUT2D eigenvalue weighted by atomic mass is 32.2. The van der Waals surface area contributed by atoms with Crippen molar-refractivity contribution in [1.29, 1.82) is 0 Å². The van der Waals surface area contributed by atoms with Crippen LogP contribution in [0, 0.1) is 6.92 Å². The Balaban J connectivity index is 1.69. The van der Waals surface area contributed by atoms with Gasteiger partial charge in [0.05, 0.1) is 23.9 Å². The fourth-order valence-corrected chi connectivity index (χ4v) is 3.84. The lowest BCUT2D eigenvalue weighted by Gasteiger charge is -2.09. The van der Waals surface area contributed by atoms with Crippen LogP contribution >= 0.6 is 0 Å². The number of benzene rings is 2. The highest BCUT2D eigenvalue weighted by Gasteiger charge is 2.16. The maximum absolute atomic E-state index is 12.6. The molecule has 0 bridgehead atoms. The molecule has 9 heteroatoms. The van der Waals surface area contributed by atoms with Gasteiger partial charge in [0.1, 0.15) is 5.52 Å². The first kappa shape index (κ1) is 19.6. The molecule has 0 saturated carbocycles. The van der Waals surface area contributed by atoms with Gasteiger partial charge < -0.3 is 9.84 Å². The van der Waals surface area contributed by atoms with Crippen LogP contribution in [0.5, 0.6) is 11.5 Å². The van der Waals surface area contributed by atoms with E-state index >= 15 is 0 Å². The minimum atomic E-state index is -3.80. The maximum Gasteiger partial charge on any atom is 0.263 e. The molecule has 2 aromatic carbocycles. The minimum absolute atomic E-state index is 0.0228. The van der Waals surface area contributed by atoms with Gasteiger partial charge in [0.25, 0.3) is 10.0 Å². The van der Waals surface area contributed by atoms with Crippen LogP contribution < -0.4 is 9.46 Å². The van der Waals surface area contributed by atoms with E-state index in [0.29, 0.717) is 22.5 Å². The molecule has 0 radical (unpaired) electrons. The number of ether oxygens (including phenoxy) is 1. The van der Waals surface area contributed by atoms with Crippen molar-refractivity contribution < 1.29 is 18.3 Å². The van der Waals surface area contributed by atoms with Crippen molar-refractivity contribution in [2.75, 3.05) is 11.8 Å². The zero-order valence-corrected chi connectivity index (χ0v) is 17.0. The van der Waals surface area contributed by atoms with E-state index in [2.05, 4.69) is 19.7 Å². The Morgan fingerprint density at radius 3 is 2.50 bits per heavy atom. The molecule has 0 aliphatic carbocycles. The number of nitrogens with one attached hydrogen (secondary N) is 1. The number of aromatic hydroxyl groups is 1. The van der Waals surface area contributed by atoms with E-state index in [-0.39, 0.29) is 22.1 Å². The fourth-order valence-electron chi connectivity index (χ4n) is 2.86. The standard InChI is InChI=1S/C21H18N4O4S/c1-13-3-6-15(7-4-13)30(27,28)25-20-12-22-17-9-8-16(23-21(17)24-20)14-5-10-18(26)19(11-14)29-2/h3-12,26H,1-2H3,(H,23,24,25). The van der Waals surface area contributed by atoms with Crippen LogP contribution in [0.15, 0.2) is 65.7 Å². The smallest absolute Gasteiger partial charge is 0.263 e. The van der Waals surface area contributed by atoms with E-state index in [1.807, 2.05) is 6.92 Å². The van der Waals surface area contributed by atoms with Crippen molar-refractivity contribution in [3.05, 3.63) is 66.4 Å². The van der Waals surface area contributed by atoms with Crippen molar-refractivity contribution in [2.24, 2.45) is 0 Å². The summed E-state index contributed by atoms with van der Waals surface area (Å²) in [6.07, 6.45) is 1.35. The SMILES string of the molecule is COc1cc(-c2ccc3ncc(NS(=O)(=O)c4ccc(C)cc4)nc3n2)ccc1O. The van der Waals surface area contributed by atoms with Gasteiger partial charge in [-0.25, -0.2) is 23.4 Å². The maximum atomic E-state index is 12.6. The molecule has 0 unspecified atom stereocenters. The van der Waals surface area contributed by atoms with Gasteiger partial charge in [-0.05, 0) is 49.4 Å². The summed E-state index contributed by atoms with van der Waals surface area (Å²) < 4.78 is 32.8. The van der Waals surface area contributed by atoms with Crippen LogP contribution in [0.4, 0.5) is 5.82 Å². The molecule has 0 aliphatic heterocycles. The van der Waals surface area contributed by atoms with E-state index in [4.69, 9.17) is 4.74 Å². The van der Waals surface area contributed by atoms with Crippen LogP contribution in [0.3, 0.4) is 0 Å². The first-order chi connectivity index (χ1) is 14.4. The van der Waals surface area contributed by atoms with Gasteiger partial charge >= 0.3 is 0 Å². The number of pyridine rings is 1. The predicted molar refractivity (Wildman–Crippen MR) is 113 cm³/mol. The molecule has 152 valence electrons. The summed E-state index contributed by atoms with van der Waals surface area (Å²) in [4.78, 5) is 13.2. The largest absolute Gasteiger partial charge is 0.504 e. The van der Waals surface area contributed by atoms with Crippen molar-refractivity contribution in [1.82, 2.24) is 15.0 Å². The Hall–Kier alpha value is -3.72. The first-order valence-corrected chi connectivity index (χ1v) is 10.4. The number of hydrogen-bond acceptors (Lipinski definition) is 7.